The Morgan fingerprint density at radius 2 is 0.810 bits per heavy atom. The van der Waals surface area contributed by atoms with Gasteiger partial charge in [0.2, 0.25) is 0 Å². The highest BCUT2D eigenvalue weighted by Gasteiger charge is 2.48. The minimum absolute atomic E-state index is 0.537. The lowest BCUT2D eigenvalue weighted by Crippen LogP contribution is -2.28. The fourth-order valence-electron chi connectivity index (χ4n) is 10.2. The molecule has 63 heavy (non-hydrogen) atoms. The van der Waals surface area contributed by atoms with E-state index in [1.54, 1.807) is 0 Å². The highest BCUT2D eigenvalue weighted by molar-refractivity contribution is 6.10. The molecule has 12 rings (SSSR count). The van der Waals surface area contributed by atoms with E-state index in [0.29, 0.717) is 5.82 Å². The van der Waals surface area contributed by atoms with Crippen molar-refractivity contribution in [2.75, 3.05) is 0 Å². The van der Waals surface area contributed by atoms with Crippen LogP contribution in [0.4, 0.5) is 0 Å². The Morgan fingerprint density at radius 1 is 0.302 bits per heavy atom. The van der Waals surface area contributed by atoms with Crippen LogP contribution in [0.25, 0.3) is 88.8 Å². The largest absolute Gasteiger partial charge is 0.228 e. The van der Waals surface area contributed by atoms with Crippen LogP contribution in [-0.4, -0.2) is 9.97 Å². The zero-order valence-electron chi connectivity index (χ0n) is 34.5. The van der Waals surface area contributed by atoms with Gasteiger partial charge in [-0.05, 0) is 83.2 Å². The molecule has 11 aromatic rings. The Labute approximate surface area is 367 Å². The lowest BCUT2D eigenvalue weighted by Gasteiger charge is -2.34. The monoisotopic (exact) mass is 800 g/mol. The van der Waals surface area contributed by atoms with Crippen molar-refractivity contribution in [2.45, 2.75) is 5.41 Å². The second kappa shape index (κ2) is 15.1. The minimum Gasteiger partial charge on any atom is -0.228 e. The standard InChI is InChI=1S/C61H40N2/c1-5-18-41(19-6-1)42-32-34-45(35-33-42)60-62-56(44-21-7-2-8-22-44)40-57(63-60)52-39-38-51(49-28-15-16-29-50(49)52)53-30-17-31-55-58(53)54-37-36-43-20-13-14-27-48(43)59(54)61(55,46-23-9-3-10-24-46)47-25-11-4-12-26-47/h1-40H. The molecule has 0 radical (unpaired) electrons. The quantitative estimate of drug-likeness (QED) is 0.160. The number of hydrogen-bond acceptors (Lipinski definition) is 2. The number of rotatable bonds is 7. The summed E-state index contributed by atoms with van der Waals surface area (Å²) in [4.78, 5) is 10.5. The second-order valence-corrected chi connectivity index (χ2v) is 16.4. The van der Waals surface area contributed by atoms with Crippen LogP contribution in [0.1, 0.15) is 22.3 Å². The molecule has 0 amide bonds. The summed E-state index contributed by atoms with van der Waals surface area (Å²) in [6.45, 7) is 0. The second-order valence-electron chi connectivity index (χ2n) is 16.4. The molecular formula is C61H40N2. The van der Waals surface area contributed by atoms with Gasteiger partial charge in [0.25, 0.3) is 0 Å². The molecule has 0 fully saturated rings. The predicted molar refractivity (Wildman–Crippen MR) is 262 cm³/mol. The van der Waals surface area contributed by atoms with Crippen molar-refractivity contribution >= 4 is 21.5 Å². The summed E-state index contributed by atoms with van der Waals surface area (Å²) in [6.07, 6.45) is 0. The van der Waals surface area contributed by atoms with E-state index in [1.165, 1.54) is 66.2 Å². The van der Waals surface area contributed by atoms with Crippen LogP contribution in [0.5, 0.6) is 0 Å². The molecule has 0 saturated carbocycles. The lowest BCUT2D eigenvalue weighted by atomic mass is 9.66. The molecule has 0 atom stereocenters. The Bertz CT molecular complexity index is 3430. The molecule has 0 unspecified atom stereocenters. The zero-order chi connectivity index (χ0) is 41.7. The molecule has 10 aromatic carbocycles. The summed E-state index contributed by atoms with van der Waals surface area (Å²) >= 11 is 0. The SMILES string of the molecule is c1ccc(-c2ccc(-c3nc(-c4ccccc4)cc(-c4ccc(-c5cccc6c5-c5ccc7ccccc7c5C6(c5ccccc5)c5ccccc5)c5ccccc45)n3)cc2)cc1. The van der Waals surface area contributed by atoms with Crippen LogP contribution in [0, 0.1) is 0 Å². The van der Waals surface area contributed by atoms with Crippen molar-refractivity contribution in [3.05, 3.63) is 265 Å². The van der Waals surface area contributed by atoms with Gasteiger partial charge in [0.1, 0.15) is 0 Å². The summed E-state index contributed by atoms with van der Waals surface area (Å²) in [5, 5.41) is 4.83. The molecule has 294 valence electrons. The van der Waals surface area contributed by atoms with Crippen molar-refractivity contribution in [3.8, 4) is 67.3 Å². The van der Waals surface area contributed by atoms with Gasteiger partial charge in [0.15, 0.2) is 5.82 Å². The van der Waals surface area contributed by atoms with E-state index in [-0.39, 0.29) is 0 Å². The van der Waals surface area contributed by atoms with Crippen molar-refractivity contribution in [1.82, 2.24) is 9.97 Å². The Hall–Kier alpha value is -8.20. The van der Waals surface area contributed by atoms with E-state index in [1.807, 2.05) is 12.1 Å². The van der Waals surface area contributed by atoms with Gasteiger partial charge in [-0.2, -0.15) is 0 Å². The number of hydrogen-bond donors (Lipinski definition) is 0. The first kappa shape index (κ1) is 36.6. The average Bonchev–Trinajstić information content (AvgIpc) is 3.69. The average molecular weight is 801 g/mol. The number of fused-ring (bicyclic) bond motifs is 6. The fourth-order valence-corrected chi connectivity index (χ4v) is 10.2. The Morgan fingerprint density at radius 3 is 1.49 bits per heavy atom. The van der Waals surface area contributed by atoms with E-state index < -0.39 is 5.41 Å². The summed E-state index contributed by atoms with van der Waals surface area (Å²) in [5.41, 5.74) is 16.8. The first-order valence-electron chi connectivity index (χ1n) is 21.7. The molecular weight excluding hydrogens is 761 g/mol. The number of nitrogens with zero attached hydrogens (tertiary/aromatic N) is 2. The molecule has 0 bridgehead atoms. The maximum atomic E-state index is 5.35. The highest BCUT2D eigenvalue weighted by atomic mass is 14.9. The summed E-state index contributed by atoms with van der Waals surface area (Å²) in [6, 6.07) is 87.8. The molecule has 1 heterocycles. The molecule has 1 aromatic heterocycles. The zero-order valence-corrected chi connectivity index (χ0v) is 34.5. The maximum absolute atomic E-state index is 5.35. The van der Waals surface area contributed by atoms with Gasteiger partial charge in [0.05, 0.1) is 16.8 Å². The van der Waals surface area contributed by atoms with E-state index in [4.69, 9.17) is 9.97 Å². The van der Waals surface area contributed by atoms with Crippen LogP contribution in [0.15, 0.2) is 243 Å². The maximum Gasteiger partial charge on any atom is 0.160 e. The van der Waals surface area contributed by atoms with Gasteiger partial charge in [-0.1, -0.05) is 237 Å². The Balaban J connectivity index is 1.08. The van der Waals surface area contributed by atoms with Crippen LogP contribution >= 0.6 is 0 Å². The summed E-state index contributed by atoms with van der Waals surface area (Å²) < 4.78 is 0. The number of benzene rings is 10. The summed E-state index contributed by atoms with van der Waals surface area (Å²) in [5.74, 6) is 0.696. The molecule has 1 aliphatic rings. The summed E-state index contributed by atoms with van der Waals surface area (Å²) in [7, 11) is 0. The van der Waals surface area contributed by atoms with E-state index in [0.717, 1.165) is 39.0 Å². The molecule has 0 spiro atoms. The van der Waals surface area contributed by atoms with Gasteiger partial charge >= 0.3 is 0 Å². The van der Waals surface area contributed by atoms with Gasteiger partial charge in [-0.25, -0.2) is 9.97 Å². The molecule has 0 saturated heterocycles. The molecule has 1 aliphatic carbocycles. The lowest BCUT2D eigenvalue weighted by molar-refractivity contribution is 0.775. The first-order valence-corrected chi connectivity index (χ1v) is 21.7. The highest BCUT2D eigenvalue weighted by Crippen LogP contribution is 2.60. The van der Waals surface area contributed by atoms with Crippen LogP contribution in [0.2, 0.25) is 0 Å². The van der Waals surface area contributed by atoms with Gasteiger partial charge in [-0.3, -0.25) is 0 Å². The van der Waals surface area contributed by atoms with E-state index >= 15 is 0 Å². The van der Waals surface area contributed by atoms with Gasteiger partial charge in [-0.15, -0.1) is 0 Å². The van der Waals surface area contributed by atoms with Crippen molar-refractivity contribution in [1.29, 1.82) is 0 Å². The van der Waals surface area contributed by atoms with Crippen LogP contribution in [0.3, 0.4) is 0 Å². The molecule has 0 N–H and O–H groups in total. The van der Waals surface area contributed by atoms with Crippen molar-refractivity contribution < 1.29 is 0 Å². The molecule has 2 heteroatoms. The predicted octanol–water partition coefficient (Wildman–Crippen LogP) is 15.5. The topological polar surface area (TPSA) is 25.8 Å². The van der Waals surface area contributed by atoms with Crippen LogP contribution in [-0.2, 0) is 5.41 Å². The fraction of sp³-hybridized carbons (Fsp3) is 0.0164. The van der Waals surface area contributed by atoms with Crippen LogP contribution < -0.4 is 0 Å². The molecule has 0 aliphatic heterocycles. The van der Waals surface area contributed by atoms with Gasteiger partial charge < -0.3 is 0 Å². The third kappa shape index (κ3) is 5.95. The Kier molecular flexibility index (Phi) is 8.76. The normalized spacial score (nSPS) is 12.6. The first-order chi connectivity index (χ1) is 31.3. The molecule has 2 nitrogen and oxygen atoms in total. The smallest absolute Gasteiger partial charge is 0.160 e. The van der Waals surface area contributed by atoms with E-state index in [9.17, 15) is 0 Å². The van der Waals surface area contributed by atoms with Gasteiger partial charge in [0, 0.05) is 16.7 Å². The van der Waals surface area contributed by atoms with Crippen molar-refractivity contribution in [3.63, 3.8) is 0 Å². The third-order valence-corrected chi connectivity index (χ3v) is 13.0. The van der Waals surface area contributed by atoms with Crippen molar-refractivity contribution in [2.24, 2.45) is 0 Å². The van der Waals surface area contributed by atoms with E-state index in [2.05, 4.69) is 231 Å². The third-order valence-electron chi connectivity index (χ3n) is 13.0. The minimum atomic E-state index is -0.537. The number of aromatic nitrogens is 2.